The van der Waals surface area contributed by atoms with Crippen molar-refractivity contribution in [2.24, 2.45) is 0 Å². The number of carbonyl (C=O) groups excluding carboxylic acids is 2. The number of likely N-dealkylation sites (tertiary alicyclic amines) is 1. The van der Waals surface area contributed by atoms with Crippen molar-refractivity contribution in [2.75, 3.05) is 6.54 Å². The Bertz CT molecular complexity index is 1020. The van der Waals surface area contributed by atoms with Crippen molar-refractivity contribution in [2.45, 2.75) is 31.7 Å². The normalized spacial score (nSPS) is 17.9. The van der Waals surface area contributed by atoms with Crippen LogP contribution in [0.3, 0.4) is 0 Å². The third kappa shape index (κ3) is 5.35. The van der Waals surface area contributed by atoms with Gasteiger partial charge in [0, 0.05) is 28.0 Å². The van der Waals surface area contributed by atoms with Crippen LogP contribution in [0.2, 0.25) is 5.02 Å². The van der Waals surface area contributed by atoms with E-state index in [4.69, 9.17) is 16.7 Å². The molecule has 1 atom stereocenters. The first-order valence-corrected chi connectivity index (χ1v) is 11.0. The van der Waals surface area contributed by atoms with Crippen LogP contribution < -0.4 is 0 Å². The topological polar surface area (TPSA) is 94.9 Å². The van der Waals surface area contributed by atoms with Crippen LogP contribution in [0.1, 0.15) is 42.9 Å². The molecule has 1 fully saturated rings. The van der Waals surface area contributed by atoms with E-state index in [-0.39, 0.29) is 24.3 Å². The summed E-state index contributed by atoms with van der Waals surface area (Å²) in [5.41, 5.74) is 1.12. The third-order valence-electron chi connectivity index (χ3n) is 5.13. The van der Waals surface area contributed by atoms with Gasteiger partial charge in [-0.1, -0.05) is 58.2 Å². The number of carbonyl (C=O) groups is 3. The van der Waals surface area contributed by atoms with Crippen molar-refractivity contribution in [1.82, 2.24) is 4.90 Å². The van der Waals surface area contributed by atoms with E-state index < -0.39 is 23.7 Å². The molecule has 2 aromatic rings. The van der Waals surface area contributed by atoms with E-state index in [9.17, 15) is 19.5 Å². The smallest absolute Gasteiger partial charge is 0.303 e. The molecule has 1 heterocycles. The number of aliphatic hydroxyl groups excluding tert-OH is 1. The zero-order chi connectivity index (χ0) is 22.5. The van der Waals surface area contributed by atoms with Crippen molar-refractivity contribution in [3.8, 4) is 0 Å². The Hall–Kier alpha value is -2.64. The highest BCUT2D eigenvalue weighted by atomic mass is 79.9. The molecule has 0 aromatic heterocycles. The summed E-state index contributed by atoms with van der Waals surface area (Å²) in [7, 11) is 0. The second-order valence-electron chi connectivity index (χ2n) is 7.26. The van der Waals surface area contributed by atoms with E-state index in [1.165, 1.54) is 4.90 Å². The number of hydrogen-bond acceptors (Lipinski definition) is 4. The van der Waals surface area contributed by atoms with Crippen LogP contribution in [0.4, 0.5) is 0 Å². The van der Waals surface area contributed by atoms with E-state index in [0.717, 1.165) is 4.47 Å². The maximum atomic E-state index is 12.9. The number of amides is 1. The monoisotopic (exact) mass is 505 g/mol. The minimum absolute atomic E-state index is 0.0279. The number of carboxylic acid groups (broad SMARTS) is 1. The summed E-state index contributed by atoms with van der Waals surface area (Å²) in [6.45, 7) is 0.272. The van der Waals surface area contributed by atoms with Gasteiger partial charge < -0.3 is 15.1 Å². The summed E-state index contributed by atoms with van der Waals surface area (Å²) in [6, 6.07) is 12.9. The Morgan fingerprint density at radius 2 is 1.61 bits per heavy atom. The summed E-state index contributed by atoms with van der Waals surface area (Å²) in [4.78, 5) is 37.9. The van der Waals surface area contributed by atoms with E-state index in [1.807, 2.05) is 0 Å². The lowest BCUT2D eigenvalue weighted by Crippen LogP contribution is -2.30. The molecule has 8 heteroatoms. The average Bonchev–Trinajstić information content (AvgIpc) is 2.99. The Balaban J connectivity index is 1.96. The van der Waals surface area contributed by atoms with Crippen LogP contribution >= 0.6 is 27.5 Å². The van der Waals surface area contributed by atoms with E-state index >= 15 is 0 Å². The molecule has 0 aliphatic carbocycles. The number of carboxylic acids is 1. The van der Waals surface area contributed by atoms with Gasteiger partial charge in [-0.15, -0.1) is 0 Å². The molecule has 6 nitrogen and oxygen atoms in total. The molecule has 2 aromatic carbocycles. The zero-order valence-corrected chi connectivity index (χ0v) is 18.9. The van der Waals surface area contributed by atoms with Gasteiger partial charge in [-0.25, -0.2) is 0 Å². The fraction of sp³-hybridized carbons (Fsp3) is 0.261. The number of rotatable bonds is 8. The van der Waals surface area contributed by atoms with Gasteiger partial charge >= 0.3 is 5.97 Å². The molecule has 31 heavy (non-hydrogen) atoms. The largest absolute Gasteiger partial charge is 0.507 e. The average molecular weight is 507 g/mol. The van der Waals surface area contributed by atoms with E-state index in [2.05, 4.69) is 15.9 Å². The maximum absolute atomic E-state index is 12.9. The molecular formula is C23H21BrClNO5. The number of aliphatic hydroxyl groups is 1. The minimum Gasteiger partial charge on any atom is -0.507 e. The fourth-order valence-corrected chi connectivity index (χ4v) is 3.99. The van der Waals surface area contributed by atoms with Crippen LogP contribution in [-0.4, -0.2) is 39.3 Å². The lowest BCUT2D eigenvalue weighted by Gasteiger charge is -2.25. The Morgan fingerprint density at radius 1 is 0.968 bits per heavy atom. The summed E-state index contributed by atoms with van der Waals surface area (Å²) < 4.78 is 0.820. The van der Waals surface area contributed by atoms with Crippen LogP contribution in [0.15, 0.2) is 58.6 Å². The second kappa shape index (κ2) is 10.1. The predicted octanol–water partition coefficient (Wildman–Crippen LogP) is 5.17. The highest BCUT2D eigenvalue weighted by molar-refractivity contribution is 9.10. The summed E-state index contributed by atoms with van der Waals surface area (Å²) in [5, 5.41) is 20.2. The quantitative estimate of drug-likeness (QED) is 0.223. The SMILES string of the molecule is O=C(O)CCCCCN1C(=O)C(=O)C(=C(O)c2ccc(Br)cc2)[C@H]1c1ccc(Cl)cc1. The number of halogens is 2. The highest BCUT2D eigenvalue weighted by Gasteiger charge is 2.45. The van der Waals surface area contributed by atoms with Gasteiger partial charge in [-0.05, 0) is 42.7 Å². The molecule has 1 aliphatic heterocycles. The summed E-state index contributed by atoms with van der Waals surface area (Å²) in [6.07, 6.45) is 1.70. The van der Waals surface area contributed by atoms with Gasteiger partial charge in [0.1, 0.15) is 5.76 Å². The van der Waals surface area contributed by atoms with Gasteiger partial charge in [0.15, 0.2) is 0 Å². The molecule has 1 amide bonds. The van der Waals surface area contributed by atoms with Crippen molar-refractivity contribution in [1.29, 1.82) is 0 Å². The lowest BCUT2D eigenvalue weighted by molar-refractivity contribution is -0.140. The molecule has 0 saturated carbocycles. The zero-order valence-electron chi connectivity index (χ0n) is 16.6. The standard InChI is InChI=1S/C23H21BrClNO5/c24-16-9-5-15(6-10-16)21(29)19-20(14-7-11-17(25)12-8-14)26(23(31)22(19)30)13-3-1-2-4-18(27)28/h5-12,20,29H,1-4,13H2,(H,27,28)/t20-/m1/s1. The molecule has 3 rings (SSSR count). The second-order valence-corrected chi connectivity index (χ2v) is 8.61. The van der Waals surface area contributed by atoms with E-state index in [1.54, 1.807) is 48.5 Å². The highest BCUT2D eigenvalue weighted by Crippen LogP contribution is 2.40. The molecular weight excluding hydrogens is 486 g/mol. The lowest BCUT2D eigenvalue weighted by atomic mass is 9.95. The van der Waals surface area contributed by atoms with Gasteiger partial charge in [0.05, 0.1) is 11.6 Å². The van der Waals surface area contributed by atoms with Crippen LogP contribution in [0, 0.1) is 0 Å². The number of hydrogen-bond donors (Lipinski definition) is 2. The minimum atomic E-state index is -0.865. The number of benzene rings is 2. The van der Waals surface area contributed by atoms with Crippen molar-refractivity contribution < 1.29 is 24.6 Å². The third-order valence-corrected chi connectivity index (χ3v) is 5.91. The molecule has 2 N–H and O–H groups in total. The first-order valence-electron chi connectivity index (χ1n) is 9.81. The van der Waals surface area contributed by atoms with Crippen LogP contribution in [-0.2, 0) is 14.4 Å². The number of ketones is 1. The van der Waals surface area contributed by atoms with Crippen LogP contribution in [0.5, 0.6) is 0 Å². The number of nitrogens with zero attached hydrogens (tertiary/aromatic N) is 1. The Morgan fingerprint density at radius 3 is 2.23 bits per heavy atom. The van der Waals surface area contributed by atoms with Crippen LogP contribution in [0.25, 0.3) is 5.76 Å². The first kappa shape index (κ1) is 23.0. The Kier molecular flexibility index (Phi) is 7.51. The molecule has 0 spiro atoms. The summed E-state index contributed by atoms with van der Waals surface area (Å²) >= 11 is 9.34. The molecule has 1 aliphatic rings. The van der Waals surface area contributed by atoms with Crippen molar-refractivity contribution in [3.05, 3.63) is 74.7 Å². The van der Waals surface area contributed by atoms with Gasteiger partial charge in [0.2, 0.25) is 0 Å². The Labute approximate surface area is 193 Å². The molecule has 162 valence electrons. The molecule has 0 radical (unpaired) electrons. The van der Waals surface area contributed by atoms with Gasteiger partial charge in [-0.2, -0.15) is 0 Å². The molecule has 0 unspecified atom stereocenters. The number of unbranched alkanes of at least 4 members (excludes halogenated alkanes) is 2. The number of Topliss-reactive ketones (excluding diaryl/α,β-unsaturated/α-hetero) is 1. The number of aliphatic carboxylic acids is 1. The van der Waals surface area contributed by atoms with Crippen molar-refractivity contribution in [3.63, 3.8) is 0 Å². The molecule has 1 saturated heterocycles. The summed E-state index contributed by atoms with van der Waals surface area (Å²) in [5.74, 6) is -2.53. The van der Waals surface area contributed by atoms with E-state index in [0.29, 0.717) is 35.4 Å². The van der Waals surface area contributed by atoms with Gasteiger partial charge in [0.25, 0.3) is 11.7 Å². The maximum Gasteiger partial charge on any atom is 0.303 e. The van der Waals surface area contributed by atoms with Crippen molar-refractivity contribution >= 4 is 50.9 Å². The molecule has 0 bridgehead atoms. The first-order chi connectivity index (χ1) is 14.8. The fourth-order valence-electron chi connectivity index (χ4n) is 3.60. The van der Waals surface area contributed by atoms with Gasteiger partial charge in [-0.3, -0.25) is 14.4 Å². The predicted molar refractivity (Wildman–Crippen MR) is 121 cm³/mol.